The Kier molecular flexibility index (Phi) is 3.60. The van der Waals surface area contributed by atoms with Crippen LogP contribution in [0.15, 0.2) is 47.8 Å². The maximum atomic E-state index is 12.8. The van der Waals surface area contributed by atoms with Gasteiger partial charge in [-0.3, -0.25) is 14.7 Å². The summed E-state index contributed by atoms with van der Waals surface area (Å²) in [4.78, 5) is 19.3. The summed E-state index contributed by atoms with van der Waals surface area (Å²) in [6, 6.07) is 9.50. The van der Waals surface area contributed by atoms with Gasteiger partial charge < -0.3 is 9.47 Å². The van der Waals surface area contributed by atoms with Crippen molar-refractivity contribution < 1.29 is 14.3 Å². The monoisotopic (exact) mass is 350 g/mol. The zero-order valence-corrected chi connectivity index (χ0v) is 14.2. The summed E-state index contributed by atoms with van der Waals surface area (Å²) in [7, 11) is 0. The number of hydrogen-bond donors (Lipinski definition) is 0. The van der Waals surface area contributed by atoms with Crippen LogP contribution in [0.2, 0.25) is 0 Å². The number of likely N-dealkylation sites (tertiary alicyclic amines) is 1. The topological polar surface area (TPSA) is 67.3 Å². The minimum absolute atomic E-state index is 0.0416. The van der Waals surface area contributed by atoms with Crippen LogP contribution in [0.5, 0.6) is 11.5 Å². The molecule has 0 radical (unpaired) electrons. The first-order chi connectivity index (χ1) is 12.8. The summed E-state index contributed by atoms with van der Waals surface area (Å²) < 4.78 is 10.7. The lowest BCUT2D eigenvalue weighted by atomic mass is 9.94. The predicted octanol–water partition coefficient (Wildman–Crippen LogP) is 2.04. The first kappa shape index (κ1) is 15.3. The largest absolute Gasteiger partial charge is 0.454 e. The van der Waals surface area contributed by atoms with E-state index in [-0.39, 0.29) is 18.6 Å². The van der Waals surface area contributed by atoms with Crippen LogP contribution in [-0.4, -0.2) is 41.4 Å². The highest BCUT2D eigenvalue weighted by molar-refractivity contribution is 6.16. The van der Waals surface area contributed by atoms with Gasteiger partial charge in [0.25, 0.3) is 5.91 Å². The number of pyridine rings is 1. The smallest absolute Gasteiger partial charge is 0.256 e. The normalized spacial score (nSPS) is 21.7. The Bertz CT molecular complexity index is 884. The lowest BCUT2D eigenvalue weighted by Crippen LogP contribution is -2.41. The zero-order chi connectivity index (χ0) is 17.5. The number of anilines is 1. The molecule has 132 valence electrons. The number of carbonyl (C=O) groups is 1. The van der Waals surface area contributed by atoms with Crippen molar-refractivity contribution in [3.8, 4) is 11.5 Å². The first-order valence-corrected chi connectivity index (χ1v) is 8.70. The second kappa shape index (κ2) is 6.10. The second-order valence-electron chi connectivity index (χ2n) is 6.69. The van der Waals surface area contributed by atoms with Gasteiger partial charge in [0.15, 0.2) is 11.5 Å². The number of fused-ring (bicyclic) bond motifs is 2. The van der Waals surface area contributed by atoms with Crippen molar-refractivity contribution in [3.63, 3.8) is 0 Å². The van der Waals surface area contributed by atoms with E-state index in [9.17, 15) is 4.79 Å². The fourth-order valence-corrected chi connectivity index (χ4v) is 3.68. The van der Waals surface area contributed by atoms with Crippen LogP contribution in [0, 0.1) is 5.92 Å². The van der Waals surface area contributed by atoms with Crippen molar-refractivity contribution in [2.75, 3.05) is 24.9 Å². The number of carbonyl (C=O) groups excluding carboxylic acids is 1. The molecule has 4 heterocycles. The molecule has 0 aliphatic carbocycles. The molecule has 26 heavy (non-hydrogen) atoms. The maximum absolute atomic E-state index is 12.8. The Balaban J connectivity index is 1.35. The molecule has 1 amide bonds. The van der Waals surface area contributed by atoms with Crippen molar-refractivity contribution in [3.05, 3.63) is 48.3 Å². The van der Waals surface area contributed by atoms with Gasteiger partial charge in [0.1, 0.15) is 0 Å². The van der Waals surface area contributed by atoms with Gasteiger partial charge in [0.05, 0.1) is 17.3 Å². The predicted molar refractivity (Wildman–Crippen MR) is 95.1 cm³/mol. The average molecular weight is 350 g/mol. The van der Waals surface area contributed by atoms with Gasteiger partial charge in [-0.25, -0.2) is 5.01 Å². The molecule has 0 N–H and O–H groups in total. The van der Waals surface area contributed by atoms with Crippen molar-refractivity contribution in [2.24, 2.45) is 11.0 Å². The van der Waals surface area contributed by atoms with Crippen molar-refractivity contribution in [1.29, 1.82) is 0 Å². The van der Waals surface area contributed by atoms with Crippen molar-refractivity contribution in [1.82, 2.24) is 9.88 Å². The van der Waals surface area contributed by atoms with Crippen LogP contribution >= 0.6 is 0 Å². The fourth-order valence-electron chi connectivity index (χ4n) is 3.68. The molecule has 1 fully saturated rings. The Morgan fingerprint density at radius 2 is 2.12 bits per heavy atom. The number of benzene rings is 1. The van der Waals surface area contributed by atoms with E-state index in [0.29, 0.717) is 18.0 Å². The number of rotatable bonds is 3. The third-order valence-corrected chi connectivity index (χ3v) is 4.99. The minimum atomic E-state index is -0.120. The van der Waals surface area contributed by atoms with Crippen LogP contribution in [0.1, 0.15) is 12.0 Å². The van der Waals surface area contributed by atoms with E-state index in [0.717, 1.165) is 30.9 Å². The molecular weight excluding hydrogens is 332 g/mol. The van der Waals surface area contributed by atoms with Gasteiger partial charge in [-0.05, 0) is 30.2 Å². The quantitative estimate of drug-likeness (QED) is 0.847. The molecule has 1 saturated heterocycles. The van der Waals surface area contributed by atoms with E-state index >= 15 is 0 Å². The fraction of sp³-hybridized carbons (Fsp3) is 0.316. The number of amides is 1. The average Bonchev–Trinajstić information content (AvgIpc) is 3.26. The Hall–Kier alpha value is -2.93. The molecule has 1 aromatic heterocycles. The molecule has 1 aromatic carbocycles. The van der Waals surface area contributed by atoms with E-state index in [4.69, 9.17) is 9.47 Å². The van der Waals surface area contributed by atoms with Crippen LogP contribution in [0.3, 0.4) is 0 Å². The third kappa shape index (κ3) is 2.61. The number of nitrogens with zero attached hydrogens (tertiary/aromatic N) is 4. The molecule has 0 bridgehead atoms. The lowest BCUT2D eigenvalue weighted by Gasteiger charge is -2.29. The van der Waals surface area contributed by atoms with E-state index in [1.807, 2.05) is 30.5 Å². The standard InChI is InChI=1S/C19H18N4O3/c24-19-15-5-7-22(10-13-2-1-6-20-9-13)11-16(15)21-23(19)14-3-4-17-18(8-14)26-12-25-17/h1-4,6,8-9,15H,5,7,10-12H2. The van der Waals surface area contributed by atoms with E-state index in [1.165, 1.54) is 10.6 Å². The Morgan fingerprint density at radius 3 is 3.00 bits per heavy atom. The third-order valence-electron chi connectivity index (χ3n) is 4.99. The summed E-state index contributed by atoms with van der Waals surface area (Å²) in [6.45, 7) is 2.61. The van der Waals surface area contributed by atoms with Gasteiger partial charge >= 0.3 is 0 Å². The lowest BCUT2D eigenvalue weighted by molar-refractivity contribution is -0.120. The van der Waals surface area contributed by atoms with E-state index in [2.05, 4.69) is 21.1 Å². The van der Waals surface area contributed by atoms with Gasteiger partial charge in [-0.2, -0.15) is 5.10 Å². The molecule has 0 saturated carbocycles. The van der Waals surface area contributed by atoms with E-state index in [1.54, 1.807) is 6.20 Å². The molecule has 3 aliphatic rings. The highest BCUT2D eigenvalue weighted by Gasteiger charge is 2.40. The summed E-state index contributed by atoms with van der Waals surface area (Å²) >= 11 is 0. The molecule has 5 rings (SSSR count). The minimum Gasteiger partial charge on any atom is -0.454 e. The summed E-state index contributed by atoms with van der Waals surface area (Å²) in [5, 5.41) is 6.13. The SMILES string of the molecule is O=C1C2CCN(Cc3cccnc3)CC2=NN1c1ccc2c(c1)OCO2. The number of ether oxygens (including phenoxy) is 2. The second-order valence-corrected chi connectivity index (χ2v) is 6.69. The Labute approximate surface area is 150 Å². The molecule has 7 nitrogen and oxygen atoms in total. The van der Waals surface area contributed by atoms with Crippen LogP contribution in [0.4, 0.5) is 5.69 Å². The molecule has 1 unspecified atom stereocenters. The molecule has 7 heteroatoms. The van der Waals surface area contributed by atoms with Crippen LogP contribution in [-0.2, 0) is 11.3 Å². The number of hydrazone groups is 1. The van der Waals surface area contributed by atoms with Gasteiger partial charge in [0, 0.05) is 38.1 Å². The van der Waals surface area contributed by atoms with Gasteiger partial charge in [0.2, 0.25) is 6.79 Å². The Morgan fingerprint density at radius 1 is 1.19 bits per heavy atom. The molecule has 3 aliphatic heterocycles. The summed E-state index contributed by atoms with van der Waals surface area (Å²) in [5.41, 5.74) is 2.83. The number of aromatic nitrogens is 1. The highest BCUT2D eigenvalue weighted by atomic mass is 16.7. The van der Waals surface area contributed by atoms with Crippen LogP contribution < -0.4 is 14.5 Å². The summed E-state index contributed by atoms with van der Waals surface area (Å²) in [5.74, 6) is 1.28. The number of hydrogen-bond acceptors (Lipinski definition) is 6. The zero-order valence-electron chi connectivity index (χ0n) is 14.2. The van der Waals surface area contributed by atoms with Gasteiger partial charge in [-0.15, -0.1) is 0 Å². The van der Waals surface area contributed by atoms with Crippen molar-refractivity contribution in [2.45, 2.75) is 13.0 Å². The van der Waals surface area contributed by atoms with Crippen molar-refractivity contribution >= 4 is 17.3 Å². The molecular formula is C19H18N4O3. The highest BCUT2D eigenvalue weighted by Crippen LogP contribution is 2.37. The number of piperidine rings is 1. The van der Waals surface area contributed by atoms with Crippen LogP contribution in [0.25, 0.3) is 0 Å². The van der Waals surface area contributed by atoms with E-state index < -0.39 is 0 Å². The summed E-state index contributed by atoms with van der Waals surface area (Å²) in [6.07, 6.45) is 4.45. The molecule has 1 atom stereocenters. The maximum Gasteiger partial charge on any atom is 0.256 e. The first-order valence-electron chi connectivity index (χ1n) is 8.70. The molecule has 0 spiro atoms. The van der Waals surface area contributed by atoms with Gasteiger partial charge in [-0.1, -0.05) is 6.07 Å². The molecule has 2 aromatic rings.